The van der Waals surface area contributed by atoms with Crippen molar-refractivity contribution in [1.82, 2.24) is 15.0 Å². The fourth-order valence-corrected chi connectivity index (χ4v) is 1.52. The van der Waals surface area contributed by atoms with E-state index in [4.69, 9.17) is 25.7 Å². The topological polar surface area (TPSA) is 135 Å². The second-order valence-corrected chi connectivity index (χ2v) is 4.09. The molecule has 9 heteroatoms. The number of ether oxygens (including phenoxy) is 3. The summed E-state index contributed by atoms with van der Waals surface area (Å²) in [6.07, 6.45) is 0. The molecule has 2 aromatic rings. The minimum atomic E-state index is -0.576. The molecule has 22 heavy (non-hydrogen) atoms. The van der Waals surface area contributed by atoms with E-state index in [9.17, 15) is 4.79 Å². The van der Waals surface area contributed by atoms with Crippen molar-refractivity contribution in [3.05, 3.63) is 30.1 Å². The Hall–Kier alpha value is -3.10. The third-order valence-electron chi connectivity index (χ3n) is 2.49. The average Bonchev–Trinajstić information content (AvgIpc) is 2.50. The number of carbonyl (C=O) groups is 1. The molecular weight excluding hydrogens is 290 g/mol. The second kappa shape index (κ2) is 7.07. The maximum atomic E-state index is 11.6. The number of anilines is 2. The van der Waals surface area contributed by atoms with Gasteiger partial charge in [-0.25, -0.2) is 4.79 Å². The van der Waals surface area contributed by atoms with Crippen LogP contribution in [0.2, 0.25) is 0 Å². The van der Waals surface area contributed by atoms with E-state index >= 15 is 0 Å². The van der Waals surface area contributed by atoms with E-state index in [1.165, 1.54) is 0 Å². The lowest BCUT2D eigenvalue weighted by Gasteiger charge is -2.07. The minimum absolute atomic E-state index is 0.0342. The molecule has 4 N–H and O–H groups in total. The van der Waals surface area contributed by atoms with Gasteiger partial charge in [0.2, 0.25) is 11.9 Å². The molecule has 0 spiro atoms. The van der Waals surface area contributed by atoms with Crippen LogP contribution < -0.4 is 20.9 Å². The first-order chi connectivity index (χ1) is 10.6. The lowest BCUT2D eigenvalue weighted by atomic mass is 10.3. The Labute approximate surface area is 126 Å². The molecule has 1 aromatic heterocycles. The molecule has 0 aliphatic rings. The summed E-state index contributed by atoms with van der Waals surface area (Å²) in [5.41, 5.74) is 10.8. The predicted molar refractivity (Wildman–Crippen MR) is 76.9 cm³/mol. The summed E-state index contributed by atoms with van der Waals surface area (Å²) < 4.78 is 15.2. The van der Waals surface area contributed by atoms with Crippen LogP contribution in [-0.4, -0.2) is 34.6 Å². The summed E-state index contributed by atoms with van der Waals surface area (Å²) in [5.74, 6) is 0.739. The van der Waals surface area contributed by atoms with Crippen molar-refractivity contribution in [1.29, 1.82) is 0 Å². The van der Waals surface area contributed by atoms with Crippen molar-refractivity contribution in [2.24, 2.45) is 0 Å². The Bertz CT molecular complexity index is 627. The van der Waals surface area contributed by atoms with Gasteiger partial charge >= 0.3 is 5.97 Å². The molecule has 0 aliphatic heterocycles. The molecule has 0 radical (unpaired) electrons. The number of rotatable bonds is 6. The SMILES string of the molecule is COc1ccc(OCC(=O)OCc2nc(N)nc(N)n2)cc1. The van der Waals surface area contributed by atoms with Gasteiger partial charge in [0.05, 0.1) is 7.11 Å². The lowest BCUT2D eigenvalue weighted by Crippen LogP contribution is -2.16. The van der Waals surface area contributed by atoms with Crippen LogP contribution in [0.3, 0.4) is 0 Å². The van der Waals surface area contributed by atoms with Crippen molar-refractivity contribution in [2.75, 3.05) is 25.2 Å². The zero-order valence-electron chi connectivity index (χ0n) is 11.9. The largest absolute Gasteiger partial charge is 0.497 e. The zero-order valence-corrected chi connectivity index (χ0v) is 11.9. The van der Waals surface area contributed by atoms with E-state index in [2.05, 4.69) is 15.0 Å². The van der Waals surface area contributed by atoms with Gasteiger partial charge in [0.25, 0.3) is 0 Å². The molecule has 0 bridgehead atoms. The van der Waals surface area contributed by atoms with E-state index in [0.717, 1.165) is 0 Å². The average molecular weight is 305 g/mol. The van der Waals surface area contributed by atoms with Gasteiger partial charge in [0.1, 0.15) is 11.5 Å². The molecule has 0 saturated heterocycles. The van der Waals surface area contributed by atoms with Crippen molar-refractivity contribution < 1.29 is 19.0 Å². The summed E-state index contributed by atoms with van der Waals surface area (Å²) in [6, 6.07) is 6.80. The Morgan fingerprint density at radius 2 is 1.64 bits per heavy atom. The highest BCUT2D eigenvalue weighted by Crippen LogP contribution is 2.16. The molecule has 1 aromatic carbocycles. The number of nitrogen functional groups attached to an aromatic ring is 2. The number of hydrogen-bond donors (Lipinski definition) is 2. The first kappa shape index (κ1) is 15.3. The third kappa shape index (κ3) is 4.47. The molecule has 0 amide bonds. The number of esters is 1. The number of benzene rings is 1. The Morgan fingerprint density at radius 3 is 2.23 bits per heavy atom. The second-order valence-electron chi connectivity index (χ2n) is 4.09. The molecule has 1 heterocycles. The van der Waals surface area contributed by atoms with Crippen molar-refractivity contribution in [3.63, 3.8) is 0 Å². The van der Waals surface area contributed by atoms with Gasteiger partial charge in [-0.1, -0.05) is 0 Å². The molecule has 0 unspecified atom stereocenters. The van der Waals surface area contributed by atoms with Crippen LogP contribution in [0.25, 0.3) is 0 Å². The fraction of sp³-hybridized carbons (Fsp3) is 0.231. The molecule has 0 fully saturated rings. The monoisotopic (exact) mass is 305 g/mol. The number of aromatic nitrogens is 3. The number of nitrogens with two attached hydrogens (primary N) is 2. The highest BCUT2D eigenvalue weighted by Gasteiger charge is 2.08. The highest BCUT2D eigenvalue weighted by molar-refractivity contribution is 5.71. The van der Waals surface area contributed by atoms with E-state index < -0.39 is 5.97 Å². The normalized spacial score (nSPS) is 10.0. The summed E-state index contributed by atoms with van der Waals surface area (Å²) >= 11 is 0. The van der Waals surface area contributed by atoms with E-state index in [-0.39, 0.29) is 30.9 Å². The van der Waals surface area contributed by atoms with Crippen molar-refractivity contribution in [3.8, 4) is 11.5 Å². The van der Waals surface area contributed by atoms with Crippen LogP contribution in [0.4, 0.5) is 11.9 Å². The van der Waals surface area contributed by atoms with Gasteiger partial charge in [-0.15, -0.1) is 0 Å². The molecule has 2 rings (SSSR count). The summed E-state index contributed by atoms with van der Waals surface area (Å²) in [7, 11) is 1.56. The maximum Gasteiger partial charge on any atom is 0.344 e. The van der Waals surface area contributed by atoms with E-state index in [0.29, 0.717) is 11.5 Å². The zero-order chi connectivity index (χ0) is 15.9. The maximum absolute atomic E-state index is 11.6. The van der Waals surface area contributed by atoms with Crippen LogP contribution in [-0.2, 0) is 16.1 Å². The third-order valence-corrected chi connectivity index (χ3v) is 2.49. The minimum Gasteiger partial charge on any atom is -0.497 e. The highest BCUT2D eigenvalue weighted by atomic mass is 16.6. The van der Waals surface area contributed by atoms with Crippen LogP contribution in [0, 0.1) is 0 Å². The van der Waals surface area contributed by atoms with E-state index in [1.54, 1.807) is 31.4 Å². The Kier molecular flexibility index (Phi) is 4.91. The van der Waals surface area contributed by atoms with Gasteiger partial charge in [-0.05, 0) is 24.3 Å². The summed E-state index contributed by atoms with van der Waals surface area (Å²) in [6.45, 7) is -0.413. The van der Waals surface area contributed by atoms with Gasteiger partial charge in [0.15, 0.2) is 19.0 Å². The van der Waals surface area contributed by atoms with Crippen LogP contribution in [0.15, 0.2) is 24.3 Å². The number of hydrogen-bond acceptors (Lipinski definition) is 9. The Morgan fingerprint density at radius 1 is 1.05 bits per heavy atom. The van der Waals surface area contributed by atoms with Crippen molar-refractivity contribution >= 4 is 17.9 Å². The smallest absolute Gasteiger partial charge is 0.344 e. The first-order valence-corrected chi connectivity index (χ1v) is 6.25. The molecule has 0 atom stereocenters. The molecule has 9 nitrogen and oxygen atoms in total. The quantitative estimate of drug-likeness (QED) is 0.715. The van der Waals surface area contributed by atoms with Crippen LogP contribution in [0.5, 0.6) is 11.5 Å². The van der Waals surface area contributed by atoms with Gasteiger partial charge in [-0.3, -0.25) is 0 Å². The molecular formula is C13H15N5O4. The molecule has 116 valence electrons. The fourth-order valence-electron chi connectivity index (χ4n) is 1.52. The van der Waals surface area contributed by atoms with Crippen molar-refractivity contribution in [2.45, 2.75) is 6.61 Å². The number of methoxy groups -OCH3 is 1. The van der Waals surface area contributed by atoms with Gasteiger partial charge in [-0.2, -0.15) is 15.0 Å². The van der Waals surface area contributed by atoms with Gasteiger partial charge < -0.3 is 25.7 Å². The van der Waals surface area contributed by atoms with Crippen LogP contribution >= 0.6 is 0 Å². The summed E-state index contributed by atoms with van der Waals surface area (Å²) in [4.78, 5) is 22.8. The van der Waals surface area contributed by atoms with Crippen LogP contribution in [0.1, 0.15) is 5.82 Å². The lowest BCUT2D eigenvalue weighted by molar-refractivity contribution is -0.147. The molecule has 0 saturated carbocycles. The van der Waals surface area contributed by atoms with E-state index in [1.807, 2.05) is 0 Å². The molecule has 0 aliphatic carbocycles. The Balaban J connectivity index is 1.80. The number of carbonyl (C=O) groups excluding carboxylic acids is 1. The first-order valence-electron chi connectivity index (χ1n) is 6.25. The number of nitrogens with zero attached hydrogens (tertiary/aromatic N) is 3. The van der Waals surface area contributed by atoms with Gasteiger partial charge in [0, 0.05) is 0 Å². The summed E-state index contributed by atoms with van der Waals surface area (Å²) in [5, 5.41) is 0. The standard InChI is InChI=1S/C13H15N5O4/c1-20-8-2-4-9(5-3-8)21-7-11(19)22-6-10-16-12(14)18-13(15)17-10/h2-5H,6-7H2,1H3,(H4,14,15,16,17,18). The predicted octanol–water partition coefficient (Wildman–Crippen LogP) is 0.167.